The SMILES string of the molecule is COc1ccc(C(=O)c2ccc(OC)cc2-c2ccccc2)c(-c2ccccc2)c1. The molecule has 4 aromatic carbocycles. The molecule has 3 nitrogen and oxygen atoms in total. The molecule has 0 atom stereocenters. The zero-order chi connectivity index (χ0) is 20.9. The molecule has 0 aromatic heterocycles. The molecule has 148 valence electrons. The standard InChI is InChI=1S/C27H22O3/c1-29-21-13-15-23(25(17-21)19-9-5-3-6-10-19)27(28)24-16-14-22(30-2)18-26(24)20-11-7-4-8-12-20/h3-18H,1-2H3. The molecular weight excluding hydrogens is 372 g/mol. The van der Waals surface area contributed by atoms with Crippen LogP contribution in [-0.2, 0) is 0 Å². The first kappa shape index (κ1) is 19.5. The Kier molecular flexibility index (Phi) is 5.62. The lowest BCUT2D eigenvalue weighted by Crippen LogP contribution is -2.06. The van der Waals surface area contributed by atoms with Crippen molar-refractivity contribution in [3.8, 4) is 33.8 Å². The van der Waals surface area contributed by atoms with Gasteiger partial charge >= 0.3 is 0 Å². The fourth-order valence-corrected chi connectivity index (χ4v) is 3.55. The van der Waals surface area contributed by atoms with E-state index < -0.39 is 0 Å². The number of carbonyl (C=O) groups is 1. The number of benzene rings is 4. The van der Waals surface area contributed by atoms with Crippen molar-refractivity contribution in [2.45, 2.75) is 0 Å². The first-order valence-electron chi connectivity index (χ1n) is 9.73. The summed E-state index contributed by atoms with van der Waals surface area (Å²) < 4.78 is 10.8. The van der Waals surface area contributed by atoms with E-state index in [1.807, 2.05) is 97.1 Å². The minimum absolute atomic E-state index is 0.0435. The van der Waals surface area contributed by atoms with Crippen molar-refractivity contribution in [1.29, 1.82) is 0 Å². The quantitative estimate of drug-likeness (QED) is 0.362. The van der Waals surface area contributed by atoms with Gasteiger partial charge in [0.15, 0.2) is 5.78 Å². The molecular formula is C27H22O3. The summed E-state index contributed by atoms with van der Waals surface area (Å²) in [6.45, 7) is 0. The second kappa shape index (κ2) is 8.66. The second-order valence-electron chi connectivity index (χ2n) is 6.88. The van der Waals surface area contributed by atoms with E-state index in [4.69, 9.17) is 9.47 Å². The number of methoxy groups -OCH3 is 2. The van der Waals surface area contributed by atoms with Crippen LogP contribution in [0.3, 0.4) is 0 Å². The summed E-state index contributed by atoms with van der Waals surface area (Å²) in [4.78, 5) is 13.8. The maximum Gasteiger partial charge on any atom is 0.194 e. The molecule has 0 heterocycles. The van der Waals surface area contributed by atoms with Gasteiger partial charge in [-0.3, -0.25) is 4.79 Å². The van der Waals surface area contributed by atoms with Gasteiger partial charge in [-0.2, -0.15) is 0 Å². The second-order valence-corrected chi connectivity index (χ2v) is 6.88. The Balaban J connectivity index is 1.89. The maximum atomic E-state index is 13.8. The number of ether oxygens (including phenoxy) is 2. The van der Waals surface area contributed by atoms with Gasteiger partial charge in [0.1, 0.15) is 11.5 Å². The van der Waals surface area contributed by atoms with Crippen molar-refractivity contribution in [3.05, 3.63) is 108 Å². The monoisotopic (exact) mass is 394 g/mol. The molecule has 0 bridgehead atoms. The molecule has 0 aliphatic rings. The summed E-state index contributed by atoms with van der Waals surface area (Å²) in [7, 11) is 3.26. The van der Waals surface area contributed by atoms with E-state index in [1.165, 1.54) is 0 Å². The van der Waals surface area contributed by atoms with Crippen LogP contribution in [0.4, 0.5) is 0 Å². The number of ketones is 1. The maximum absolute atomic E-state index is 13.8. The molecule has 0 radical (unpaired) electrons. The van der Waals surface area contributed by atoms with Gasteiger partial charge in [0.25, 0.3) is 0 Å². The van der Waals surface area contributed by atoms with Gasteiger partial charge in [0, 0.05) is 11.1 Å². The molecule has 0 spiro atoms. The molecule has 0 saturated carbocycles. The normalized spacial score (nSPS) is 10.5. The summed E-state index contributed by atoms with van der Waals surface area (Å²) in [5.74, 6) is 1.38. The highest BCUT2D eigenvalue weighted by molar-refractivity contribution is 6.16. The Morgan fingerprint density at radius 1 is 0.567 bits per heavy atom. The molecule has 0 fully saturated rings. The lowest BCUT2D eigenvalue weighted by Gasteiger charge is -2.15. The zero-order valence-corrected chi connectivity index (χ0v) is 17.0. The van der Waals surface area contributed by atoms with Gasteiger partial charge in [0.2, 0.25) is 0 Å². The van der Waals surface area contributed by atoms with Crippen LogP contribution in [0.1, 0.15) is 15.9 Å². The first-order valence-corrected chi connectivity index (χ1v) is 9.73. The van der Waals surface area contributed by atoms with Crippen LogP contribution < -0.4 is 9.47 Å². The van der Waals surface area contributed by atoms with Crippen molar-refractivity contribution in [2.24, 2.45) is 0 Å². The van der Waals surface area contributed by atoms with Crippen molar-refractivity contribution in [1.82, 2.24) is 0 Å². The minimum atomic E-state index is -0.0435. The van der Waals surface area contributed by atoms with Gasteiger partial charge < -0.3 is 9.47 Å². The lowest BCUT2D eigenvalue weighted by molar-refractivity contribution is 0.104. The Bertz CT molecular complexity index is 1070. The van der Waals surface area contributed by atoms with Gasteiger partial charge in [0.05, 0.1) is 14.2 Å². The fraction of sp³-hybridized carbons (Fsp3) is 0.0741. The number of hydrogen-bond donors (Lipinski definition) is 0. The lowest BCUT2D eigenvalue weighted by atomic mass is 9.89. The highest BCUT2D eigenvalue weighted by Gasteiger charge is 2.20. The predicted octanol–water partition coefficient (Wildman–Crippen LogP) is 6.27. The van der Waals surface area contributed by atoms with E-state index in [0.717, 1.165) is 22.3 Å². The molecule has 4 aromatic rings. The van der Waals surface area contributed by atoms with Crippen LogP contribution >= 0.6 is 0 Å². The zero-order valence-electron chi connectivity index (χ0n) is 17.0. The molecule has 0 aliphatic carbocycles. The highest BCUT2D eigenvalue weighted by Crippen LogP contribution is 2.34. The molecule has 4 rings (SSSR count). The van der Waals surface area contributed by atoms with Crippen molar-refractivity contribution in [3.63, 3.8) is 0 Å². The van der Waals surface area contributed by atoms with Gasteiger partial charge in [-0.05, 0) is 58.7 Å². The average molecular weight is 394 g/mol. The van der Waals surface area contributed by atoms with Crippen LogP contribution in [0.25, 0.3) is 22.3 Å². The third-order valence-corrected chi connectivity index (χ3v) is 5.11. The Hall–Kier alpha value is -3.85. The summed E-state index contributed by atoms with van der Waals surface area (Å²) >= 11 is 0. The van der Waals surface area contributed by atoms with Gasteiger partial charge in [-0.1, -0.05) is 60.7 Å². The molecule has 0 aliphatic heterocycles. The van der Waals surface area contributed by atoms with Crippen LogP contribution in [0.15, 0.2) is 97.1 Å². The summed E-state index contributed by atoms with van der Waals surface area (Å²) in [5, 5.41) is 0. The summed E-state index contributed by atoms with van der Waals surface area (Å²) in [5.41, 5.74) is 4.88. The van der Waals surface area contributed by atoms with Crippen molar-refractivity contribution < 1.29 is 14.3 Å². The summed E-state index contributed by atoms with van der Waals surface area (Å²) in [6.07, 6.45) is 0. The van der Waals surface area contributed by atoms with Gasteiger partial charge in [-0.15, -0.1) is 0 Å². The van der Waals surface area contributed by atoms with Gasteiger partial charge in [-0.25, -0.2) is 0 Å². The minimum Gasteiger partial charge on any atom is -0.497 e. The smallest absolute Gasteiger partial charge is 0.194 e. The van der Waals surface area contributed by atoms with Crippen LogP contribution in [0.2, 0.25) is 0 Å². The molecule has 0 unspecified atom stereocenters. The number of rotatable bonds is 6. The van der Waals surface area contributed by atoms with E-state index in [0.29, 0.717) is 22.6 Å². The van der Waals surface area contributed by atoms with E-state index in [-0.39, 0.29) is 5.78 Å². The van der Waals surface area contributed by atoms with Crippen molar-refractivity contribution in [2.75, 3.05) is 14.2 Å². The Morgan fingerprint density at radius 3 is 1.33 bits per heavy atom. The van der Waals surface area contributed by atoms with Crippen LogP contribution in [-0.4, -0.2) is 20.0 Å². The van der Waals surface area contributed by atoms with E-state index in [1.54, 1.807) is 14.2 Å². The Labute approximate surface area is 176 Å². The van der Waals surface area contributed by atoms with E-state index >= 15 is 0 Å². The topological polar surface area (TPSA) is 35.5 Å². The van der Waals surface area contributed by atoms with Crippen LogP contribution in [0, 0.1) is 0 Å². The van der Waals surface area contributed by atoms with E-state index in [2.05, 4.69) is 0 Å². The molecule has 30 heavy (non-hydrogen) atoms. The highest BCUT2D eigenvalue weighted by atomic mass is 16.5. The average Bonchev–Trinajstić information content (AvgIpc) is 2.84. The fourth-order valence-electron chi connectivity index (χ4n) is 3.55. The summed E-state index contributed by atoms with van der Waals surface area (Å²) in [6, 6.07) is 30.9. The molecule has 0 saturated heterocycles. The number of carbonyl (C=O) groups excluding carboxylic acids is 1. The molecule has 0 N–H and O–H groups in total. The van der Waals surface area contributed by atoms with Crippen molar-refractivity contribution >= 4 is 5.78 Å². The third-order valence-electron chi connectivity index (χ3n) is 5.11. The number of hydrogen-bond acceptors (Lipinski definition) is 3. The predicted molar refractivity (Wildman–Crippen MR) is 120 cm³/mol. The third kappa shape index (κ3) is 3.83. The largest absolute Gasteiger partial charge is 0.497 e. The Morgan fingerprint density at radius 2 is 0.967 bits per heavy atom. The first-order chi connectivity index (χ1) is 14.7. The molecule has 0 amide bonds. The van der Waals surface area contributed by atoms with E-state index in [9.17, 15) is 4.79 Å². The van der Waals surface area contributed by atoms with Crippen LogP contribution in [0.5, 0.6) is 11.5 Å². The molecule has 3 heteroatoms.